The third kappa shape index (κ3) is 1.42. The molecule has 0 bridgehead atoms. The molecule has 0 spiro atoms. The molecule has 0 atom stereocenters. The number of hydrogen-bond donors (Lipinski definition) is 1. The van der Waals surface area contributed by atoms with Crippen LogP contribution < -0.4 is 5.73 Å². The van der Waals surface area contributed by atoms with E-state index in [1.165, 1.54) is 0 Å². The Morgan fingerprint density at radius 1 is 1.67 bits per heavy atom. The molecule has 3 heteroatoms. The summed E-state index contributed by atoms with van der Waals surface area (Å²) in [5, 5.41) is 0. The lowest BCUT2D eigenvalue weighted by Crippen LogP contribution is -2.55. The van der Waals surface area contributed by atoms with Crippen molar-refractivity contribution in [1.29, 1.82) is 0 Å². The van der Waals surface area contributed by atoms with E-state index in [2.05, 4.69) is 5.73 Å². The molecule has 0 aromatic carbocycles. The molecule has 0 unspecified atom stereocenters. The highest BCUT2D eigenvalue weighted by molar-refractivity contribution is 5.77. The molecule has 0 aliphatic carbocycles. The van der Waals surface area contributed by atoms with Crippen LogP contribution in [0.5, 0.6) is 0 Å². The molecule has 1 heterocycles. The van der Waals surface area contributed by atoms with E-state index in [0.29, 0.717) is 5.91 Å². The number of carbonyl (C=O) groups is 1. The van der Waals surface area contributed by atoms with Gasteiger partial charge in [-0.2, -0.15) is 0 Å². The summed E-state index contributed by atoms with van der Waals surface area (Å²) in [4.78, 5) is 12.7. The Hall–Kier alpha value is -0.570. The topological polar surface area (TPSA) is 48.0 Å². The number of carbonyl (C=O) groups excluding carboxylic acids is 1. The van der Waals surface area contributed by atoms with E-state index < -0.39 is 0 Å². The van der Waals surface area contributed by atoms with Crippen molar-refractivity contribution in [2.24, 2.45) is 0 Å². The van der Waals surface area contributed by atoms with Crippen molar-refractivity contribution in [2.45, 2.75) is 12.8 Å². The fourth-order valence-corrected chi connectivity index (χ4v) is 1.13. The van der Waals surface area contributed by atoms with Gasteiger partial charge in [-0.25, -0.2) is 0 Å². The molecule has 1 aliphatic heterocycles. The first-order valence-corrected chi connectivity index (χ1v) is 3.41. The molecule has 3 nitrogen and oxygen atoms in total. The average molecular weight is 129 g/mol. The minimum atomic E-state index is 0.304. The third-order valence-electron chi connectivity index (χ3n) is 1.60. The molecule has 1 saturated heterocycles. The van der Waals surface area contributed by atoms with Crippen LogP contribution in [0.1, 0.15) is 12.8 Å². The van der Waals surface area contributed by atoms with Crippen LogP contribution in [0.2, 0.25) is 0 Å². The molecule has 9 heavy (non-hydrogen) atoms. The van der Waals surface area contributed by atoms with Gasteiger partial charge in [-0.3, -0.25) is 4.79 Å². The first-order chi connectivity index (χ1) is 4.34. The Morgan fingerprint density at radius 2 is 2.44 bits per heavy atom. The van der Waals surface area contributed by atoms with E-state index in [9.17, 15) is 4.79 Å². The number of amides is 1. The van der Waals surface area contributed by atoms with Crippen LogP contribution >= 0.6 is 0 Å². The largest absolute Gasteiger partial charge is 0.356 e. The van der Waals surface area contributed by atoms with Crippen molar-refractivity contribution in [2.75, 3.05) is 19.6 Å². The van der Waals surface area contributed by atoms with Crippen LogP contribution in [0.15, 0.2) is 0 Å². The normalized spacial score (nSPS) is 19.2. The predicted molar refractivity (Wildman–Crippen MR) is 33.6 cm³/mol. The molecule has 1 aliphatic rings. The van der Waals surface area contributed by atoms with Gasteiger partial charge in [0.25, 0.3) is 0 Å². The van der Waals surface area contributed by atoms with Gasteiger partial charge in [0, 0.05) is 13.0 Å². The zero-order valence-electron chi connectivity index (χ0n) is 5.60. The van der Waals surface area contributed by atoms with Gasteiger partial charge in [-0.05, 0) is 6.42 Å². The highest BCUT2D eigenvalue weighted by atomic mass is 16.2. The number of quaternary nitrogens is 1. The lowest BCUT2D eigenvalue weighted by Gasteiger charge is -2.11. The number of likely N-dealkylation sites (tertiary alicyclic amines) is 1. The van der Waals surface area contributed by atoms with Crippen LogP contribution in [0.4, 0.5) is 0 Å². The Kier molecular flexibility index (Phi) is 2.05. The smallest absolute Gasteiger partial charge is 0.222 e. The summed E-state index contributed by atoms with van der Waals surface area (Å²) in [6, 6.07) is 0. The van der Waals surface area contributed by atoms with Gasteiger partial charge in [0.05, 0.1) is 13.1 Å². The first-order valence-electron chi connectivity index (χ1n) is 3.41. The first kappa shape index (κ1) is 6.55. The second-order valence-electron chi connectivity index (χ2n) is 2.34. The quantitative estimate of drug-likeness (QED) is 0.503. The maximum atomic E-state index is 10.9. The van der Waals surface area contributed by atoms with E-state index >= 15 is 0 Å². The molecular weight excluding hydrogens is 116 g/mol. The van der Waals surface area contributed by atoms with Gasteiger partial charge < -0.3 is 10.6 Å². The van der Waals surface area contributed by atoms with Crippen LogP contribution in [-0.4, -0.2) is 30.4 Å². The molecule has 1 amide bonds. The molecule has 1 fully saturated rings. The number of nitrogens with zero attached hydrogens (tertiary/aromatic N) is 1. The molecule has 0 aromatic heterocycles. The standard InChI is InChI=1S/C6H12N2O/c7-3-5-8-4-1-2-6(8)9/h1-5,7H2/p+1. The van der Waals surface area contributed by atoms with Crippen molar-refractivity contribution in [3.05, 3.63) is 0 Å². The maximum Gasteiger partial charge on any atom is 0.222 e. The minimum Gasteiger partial charge on any atom is -0.356 e. The lowest BCUT2D eigenvalue weighted by atomic mass is 10.4. The summed E-state index contributed by atoms with van der Waals surface area (Å²) in [6.07, 6.45) is 1.79. The summed E-state index contributed by atoms with van der Waals surface area (Å²) >= 11 is 0. The second kappa shape index (κ2) is 2.82. The fraction of sp³-hybridized carbons (Fsp3) is 0.833. The zero-order chi connectivity index (χ0) is 6.69. The molecule has 3 N–H and O–H groups in total. The zero-order valence-corrected chi connectivity index (χ0v) is 5.60. The number of rotatable bonds is 2. The van der Waals surface area contributed by atoms with Gasteiger partial charge in [0.2, 0.25) is 5.91 Å². The van der Waals surface area contributed by atoms with Crippen molar-refractivity contribution >= 4 is 5.91 Å². The SMILES string of the molecule is [NH3+]CCN1CCCC1=O. The molecule has 1 rings (SSSR count). The third-order valence-corrected chi connectivity index (χ3v) is 1.60. The van der Waals surface area contributed by atoms with Gasteiger partial charge >= 0.3 is 0 Å². The summed E-state index contributed by atoms with van der Waals surface area (Å²) in [7, 11) is 0. The van der Waals surface area contributed by atoms with Crippen LogP contribution in [-0.2, 0) is 4.79 Å². The predicted octanol–water partition coefficient (Wildman–Crippen LogP) is -1.15. The Bertz CT molecular complexity index is 114. The van der Waals surface area contributed by atoms with E-state index in [4.69, 9.17) is 0 Å². The maximum absolute atomic E-state index is 10.9. The Labute approximate surface area is 54.8 Å². The molecule has 0 aromatic rings. The van der Waals surface area contributed by atoms with Crippen molar-refractivity contribution in [3.63, 3.8) is 0 Å². The van der Waals surface area contributed by atoms with Crippen LogP contribution in [0.3, 0.4) is 0 Å². The van der Waals surface area contributed by atoms with Gasteiger partial charge in [-0.15, -0.1) is 0 Å². The summed E-state index contributed by atoms with van der Waals surface area (Å²) < 4.78 is 0. The van der Waals surface area contributed by atoms with Gasteiger partial charge in [0.15, 0.2) is 0 Å². The summed E-state index contributed by atoms with van der Waals surface area (Å²) in [5.41, 5.74) is 3.69. The summed E-state index contributed by atoms with van der Waals surface area (Å²) in [5.74, 6) is 0.304. The number of hydrogen-bond acceptors (Lipinski definition) is 1. The molecule has 0 saturated carbocycles. The molecule has 0 radical (unpaired) electrons. The fourth-order valence-electron chi connectivity index (χ4n) is 1.13. The van der Waals surface area contributed by atoms with E-state index in [1.54, 1.807) is 0 Å². The minimum absolute atomic E-state index is 0.304. The highest BCUT2D eigenvalue weighted by Gasteiger charge is 2.18. The Balaban J connectivity index is 2.31. The Morgan fingerprint density at radius 3 is 2.89 bits per heavy atom. The second-order valence-corrected chi connectivity index (χ2v) is 2.34. The van der Waals surface area contributed by atoms with E-state index in [0.717, 1.165) is 32.5 Å². The van der Waals surface area contributed by atoms with Gasteiger partial charge in [-0.1, -0.05) is 0 Å². The molecular formula is C6H13N2O+. The monoisotopic (exact) mass is 129 g/mol. The average Bonchev–Trinajstić information content (AvgIpc) is 2.18. The van der Waals surface area contributed by atoms with E-state index in [-0.39, 0.29) is 0 Å². The van der Waals surface area contributed by atoms with Crippen LogP contribution in [0.25, 0.3) is 0 Å². The highest BCUT2D eigenvalue weighted by Crippen LogP contribution is 2.07. The van der Waals surface area contributed by atoms with Crippen molar-refractivity contribution < 1.29 is 10.5 Å². The molecule has 52 valence electrons. The van der Waals surface area contributed by atoms with Crippen molar-refractivity contribution in [1.82, 2.24) is 4.90 Å². The van der Waals surface area contributed by atoms with E-state index in [1.807, 2.05) is 4.90 Å². The summed E-state index contributed by atoms with van der Waals surface area (Å²) in [6.45, 7) is 2.64. The van der Waals surface area contributed by atoms with Crippen molar-refractivity contribution in [3.8, 4) is 0 Å². The lowest BCUT2D eigenvalue weighted by molar-refractivity contribution is -0.368. The van der Waals surface area contributed by atoms with Gasteiger partial charge in [0.1, 0.15) is 0 Å². The van der Waals surface area contributed by atoms with Crippen LogP contribution in [0, 0.1) is 0 Å².